The summed E-state index contributed by atoms with van der Waals surface area (Å²) in [5.74, 6) is -3.12. The standard InChI is InChI=1S/C21H19F2NO3/c1-10(2)20-19(13-7-14(13)21(26)27)15-8-18(25)16(23)9-17(15)24(20)12-5-3-11(22)4-6-12/h3-6,8-10,13-14,25H,7H2,1-2H3,(H,26,27)/t13-,14-/m0/s1. The van der Waals surface area contributed by atoms with Crippen LogP contribution >= 0.6 is 0 Å². The van der Waals surface area contributed by atoms with Gasteiger partial charge in [-0.05, 0) is 48.2 Å². The molecule has 0 radical (unpaired) electrons. The van der Waals surface area contributed by atoms with Gasteiger partial charge in [0.2, 0.25) is 0 Å². The van der Waals surface area contributed by atoms with E-state index >= 15 is 0 Å². The van der Waals surface area contributed by atoms with Crippen LogP contribution in [0.3, 0.4) is 0 Å². The van der Waals surface area contributed by atoms with Gasteiger partial charge in [-0.15, -0.1) is 0 Å². The van der Waals surface area contributed by atoms with Gasteiger partial charge in [0.15, 0.2) is 11.6 Å². The maximum absolute atomic E-state index is 14.2. The molecule has 0 spiro atoms. The molecule has 4 rings (SSSR count). The Morgan fingerprint density at radius 3 is 2.41 bits per heavy atom. The van der Waals surface area contributed by atoms with E-state index in [0.29, 0.717) is 23.0 Å². The van der Waals surface area contributed by atoms with Gasteiger partial charge in [0.25, 0.3) is 0 Å². The lowest BCUT2D eigenvalue weighted by Gasteiger charge is -2.15. The number of aromatic nitrogens is 1. The number of hydrogen-bond donors (Lipinski definition) is 2. The van der Waals surface area contributed by atoms with Gasteiger partial charge in [0.05, 0.1) is 11.4 Å². The molecular formula is C21H19F2NO3. The molecule has 0 saturated heterocycles. The van der Waals surface area contributed by atoms with Crippen LogP contribution in [0.15, 0.2) is 36.4 Å². The predicted octanol–water partition coefficient (Wildman–Crippen LogP) is 4.93. The summed E-state index contributed by atoms with van der Waals surface area (Å²) in [6, 6.07) is 8.50. The van der Waals surface area contributed by atoms with Crippen molar-refractivity contribution in [2.24, 2.45) is 5.92 Å². The Balaban J connectivity index is 2.07. The van der Waals surface area contributed by atoms with Crippen molar-refractivity contribution in [3.8, 4) is 11.4 Å². The van der Waals surface area contributed by atoms with Crippen LogP contribution in [0.5, 0.6) is 5.75 Å². The van der Waals surface area contributed by atoms with E-state index in [1.807, 2.05) is 18.4 Å². The average molecular weight is 371 g/mol. The quantitative estimate of drug-likeness (QED) is 0.684. The van der Waals surface area contributed by atoms with Crippen LogP contribution in [0.25, 0.3) is 16.6 Å². The highest BCUT2D eigenvalue weighted by Gasteiger charge is 2.47. The molecular weight excluding hydrogens is 352 g/mol. The van der Waals surface area contributed by atoms with Crippen molar-refractivity contribution < 1.29 is 23.8 Å². The molecule has 0 aliphatic heterocycles. The van der Waals surface area contributed by atoms with Gasteiger partial charge >= 0.3 is 5.97 Å². The second-order valence-corrected chi connectivity index (χ2v) is 7.37. The van der Waals surface area contributed by atoms with Crippen LogP contribution in [-0.4, -0.2) is 20.7 Å². The summed E-state index contributed by atoms with van der Waals surface area (Å²) < 4.78 is 29.4. The zero-order valence-corrected chi connectivity index (χ0v) is 14.9. The third-order valence-corrected chi connectivity index (χ3v) is 5.22. The van der Waals surface area contributed by atoms with E-state index in [-0.39, 0.29) is 17.7 Å². The van der Waals surface area contributed by atoms with Crippen molar-refractivity contribution in [2.75, 3.05) is 0 Å². The summed E-state index contributed by atoms with van der Waals surface area (Å²) >= 11 is 0. The normalized spacial score (nSPS) is 19.0. The summed E-state index contributed by atoms with van der Waals surface area (Å²) in [5, 5.41) is 19.9. The number of benzene rings is 2. The summed E-state index contributed by atoms with van der Waals surface area (Å²) in [5.41, 5.74) is 2.88. The number of halogens is 2. The number of nitrogens with zero attached hydrogens (tertiary/aromatic N) is 1. The summed E-state index contributed by atoms with van der Waals surface area (Å²) in [6.45, 7) is 3.96. The highest BCUT2D eigenvalue weighted by atomic mass is 19.1. The number of hydrogen-bond acceptors (Lipinski definition) is 2. The summed E-state index contributed by atoms with van der Waals surface area (Å²) in [4.78, 5) is 11.4. The Labute approximate surface area is 154 Å². The monoisotopic (exact) mass is 371 g/mol. The van der Waals surface area contributed by atoms with Gasteiger partial charge in [-0.3, -0.25) is 4.79 Å². The van der Waals surface area contributed by atoms with E-state index in [9.17, 15) is 23.8 Å². The first-order valence-electron chi connectivity index (χ1n) is 8.85. The SMILES string of the molecule is CC(C)c1c([C@H]2C[C@@H]2C(=O)O)c2cc(O)c(F)cc2n1-c1ccc(F)cc1. The number of rotatable bonds is 4. The minimum atomic E-state index is -0.858. The van der Waals surface area contributed by atoms with Gasteiger partial charge in [-0.2, -0.15) is 0 Å². The number of carboxylic acids is 1. The Kier molecular flexibility index (Phi) is 3.94. The molecule has 0 amide bonds. The van der Waals surface area contributed by atoms with E-state index in [1.165, 1.54) is 24.3 Å². The molecule has 27 heavy (non-hydrogen) atoms. The largest absolute Gasteiger partial charge is 0.505 e. The van der Waals surface area contributed by atoms with Crippen LogP contribution in [-0.2, 0) is 4.79 Å². The maximum atomic E-state index is 14.2. The molecule has 1 aromatic heterocycles. The number of aromatic hydroxyl groups is 1. The third-order valence-electron chi connectivity index (χ3n) is 5.22. The molecule has 3 aromatic rings. The van der Waals surface area contributed by atoms with E-state index < -0.39 is 23.5 Å². The van der Waals surface area contributed by atoms with Crippen molar-refractivity contribution in [3.63, 3.8) is 0 Å². The molecule has 1 fully saturated rings. The molecule has 6 heteroatoms. The van der Waals surface area contributed by atoms with Gasteiger partial charge in [-0.1, -0.05) is 13.8 Å². The Bertz CT molecular complexity index is 1050. The Morgan fingerprint density at radius 1 is 1.19 bits per heavy atom. The smallest absolute Gasteiger partial charge is 0.307 e. The van der Waals surface area contributed by atoms with Crippen molar-refractivity contribution >= 4 is 16.9 Å². The van der Waals surface area contributed by atoms with Gasteiger partial charge in [0.1, 0.15) is 5.82 Å². The lowest BCUT2D eigenvalue weighted by molar-refractivity contribution is -0.138. The maximum Gasteiger partial charge on any atom is 0.307 e. The van der Waals surface area contributed by atoms with Gasteiger partial charge in [0, 0.05) is 28.8 Å². The topological polar surface area (TPSA) is 62.5 Å². The Morgan fingerprint density at radius 2 is 1.85 bits per heavy atom. The highest BCUT2D eigenvalue weighted by Crippen LogP contribution is 2.53. The van der Waals surface area contributed by atoms with E-state index in [2.05, 4.69) is 0 Å². The molecule has 2 aromatic carbocycles. The predicted molar refractivity (Wildman–Crippen MR) is 97.4 cm³/mol. The summed E-state index contributed by atoms with van der Waals surface area (Å²) in [7, 11) is 0. The first-order valence-corrected chi connectivity index (χ1v) is 8.85. The molecule has 0 unspecified atom stereocenters. The first kappa shape index (κ1) is 17.5. The number of carbonyl (C=O) groups is 1. The number of carboxylic acid groups (broad SMARTS) is 1. The van der Waals surface area contributed by atoms with Crippen LogP contribution in [0.4, 0.5) is 8.78 Å². The first-order chi connectivity index (χ1) is 12.8. The molecule has 1 aliphatic carbocycles. The molecule has 1 aliphatic rings. The van der Waals surface area contributed by atoms with Crippen LogP contribution in [0.2, 0.25) is 0 Å². The van der Waals surface area contributed by atoms with Crippen molar-refractivity contribution in [1.82, 2.24) is 4.57 Å². The van der Waals surface area contributed by atoms with Crippen LogP contribution in [0.1, 0.15) is 43.4 Å². The molecule has 140 valence electrons. The van der Waals surface area contributed by atoms with E-state index in [0.717, 1.165) is 11.3 Å². The number of fused-ring (bicyclic) bond motifs is 1. The molecule has 2 atom stereocenters. The molecule has 1 saturated carbocycles. The molecule has 4 nitrogen and oxygen atoms in total. The lowest BCUT2D eigenvalue weighted by atomic mass is 9.98. The van der Waals surface area contributed by atoms with Crippen molar-refractivity contribution in [2.45, 2.75) is 32.1 Å². The second kappa shape index (κ2) is 6.08. The van der Waals surface area contributed by atoms with Crippen molar-refractivity contribution in [1.29, 1.82) is 0 Å². The second-order valence-electron chi connectivity index (χ2n) is 7.37. The van der Waals surface area contributed by atoms with Crippen LogP contribution < -0.4 is 0 Å². The van der Waals surface area contributed by atoms with E-state index in [4.69, 9.17) is 0 Å². The molecule has 2 N–H and O–H groups in total. The van der Waals surface area contributed by atoms with Gasteiger partial charge < -0.3 is 14.8 Å². The Hall–Kier alpha value is -2.89. The third kappa shape index (κ3) is 2.76. The zero-order chi connectivity index (χ0) is 19.5. The fourth-order valence-electron chi connectivity index (χ4n) is 3.95. The summed E-state index contributed by atoms with van der Waals surface area (Å²) in [6.07, 6.45) is 0.510. The number of phenolic OH excluding ortho intramolecular Hbond substituents is 1. The van der Waals surface area contributed by atoms with E-state index in [1.54, 1.807) is 12.1 Å². The van der Waals surface area contributed by atoms with Crippen molar-refractivity contribution in [3.05, 3.63) is 59.3 Å². The molecule has 0 bridgehead atoms. The molecule has 1 heterocycles. The number of phenols is 1. The lowest BCUT2D eigenvalue weighted by Crippen LogP contribution is -2.05. The number of aliphatic carboxylic acids is 1. The fourth-order valence-corrected chi connectivity index (χ4v) is 3.95. The zero-order valence-electron chi connectivity index (χ0n) is 14.9. The minimum Gasteiger partial charge on any atom is -0.505 e. The fraction of sp³-hybridized carbons (Fsp3) is 0.286. The highest BCUT2D eigenvalue weighted by molar-refractivity contribution is 5.91. The average Bonchev–Trinajstić information content (AvgIpc) is 3.33. The van der Waals surface area contributed by atoms with Gasteiger partial charge in [-0.25, -0.2) is 8.78 Å². The van der Waals surface area contributed by atoms with Crippen LogP contribution in [0, 0.1) is 17.6 Å². The minimum absolute atomic E-state index is 0.0118.